The Labute approximate surface area is 206 Å². The van der Waals surface area contributed by atoms with Crippen molar-refractivity contribution in [3.63, 3.8) is 0 Å². The highest BCUT2D eigenvalue weighted by atomic mass is 32.2. The average Bonchev–Trinajstić information content (AvgIpc) is 3.36. The molecule has 0 saturated carbocycles. The van der Waals surface area contributed by atoms with Gasteiger partial charge in [-0.3, -0.25) is 10.2 Å². The van der Waals surface area contributed by atoms with Gasteiger partial charge in [-0.05, 0) is 74.2 Å². The zero-order chi connectivity index (χ0) is 24.2. The van der Waals surface area contributed by atoms with Crippen LogP contribution >= 0.6 is 11.8 Å². The van der Waals surface area contributed by atoms with Gasteiger partial charge in [-0.1, -0.05) is 57.7 Å². The summed E-state index contributed by atoms with van der Waals surface area (Å²) in [5.74, 6) is -0.274. The molecule has 7 heteroatoms. The predicted molar refractivity (Wildman–Crippen MR) is 143 cm³/mol. The molecule has 1 N–H and O–H groups in total. The molecule has 0 aliphatic carbocycles. The Bertz CT molecular complexity index is 1200. The molecule has 0 bridgehead atoms. The molecule has 0 atom stereocenters. The predicted octanol–water partition coefficient (Wildman–Crippen LogP) is 6.64. The molecule has 2 aromatic rings. The van der Waals surface area contributed by atoms with E-state index in [9.17, 15) is 4.79 Å². The Kier molecular flexibility index (Phi) is 7.51. The van der Waals surface area contributed by atoms with Gasteiger partial charge in [-0.2, -0.15) is 15.1 Å². The number of aryl methyl sites for hydroxylation is 2. The summed E-state index contributed by atoms with van der Waals surface area (Å²) >= 11 is 1.42. The van der Waals surface area contributed by atoms with Gasteiger partial charge in [-0.15, -0.1) is 0 Å². The quantitative estimate of drug-likeness (QED) is 0.326. The number of amidine groups is 2. The highest BCUT2D eigenvalue weighted by Gasteiger charge is 2.35. The first-order valence-corrected chi connectivity index (χ1v) is 13.0. The van der Waals surface area contributed by atoms with Gasteiger partial charge >= 0.3 is 0 Å². The van der Waals surface area contributed by atoms with Gasteiger partial charge in [0.1, 0.15) is 5.04 Å². The Balaban J connectivity index is 1.58. The van der Waals surface area contributed by atoms with Crippen LogP contribution in [0.3, 0.4) is 0 Å². The van der Waals surface area contributed by atoms with E-state index in [0.29, 0.717) is 5.17 Å². The van der Waals surface area contributed by atoms with Crippen LogP contribution in [0.4, 0.5) is 0 Å². The van der Waals surface area contributed by atoms with Gasteiger partial charge in [0, 0.05) is 17.1 Å². The number of rotatable bonds is 9. The molecule has 1 aromatic carbocycles. The lowest BCUT2D eigenvalue weighted by Crippen LogP contribution is -2.35. The summed E-state index contributed by atoms with van der Waals surface area (Å²) in [5, 5.41) is 16.3. The van der Waals surface area contributed by atoms with Crippen molar-refractivity contribution in [2.45, 2.75) is 72.6 Å². The molecule has 178 valence electrons. The van der Waals surface area contributed by atoms with Crippen LogP contribution in [0.2, 0.25) is 0 Å². The lowest BCUT2D eigenvalue weighted by molar-refractivity contribution is -0.114. The molecule has 1 aromatic heterocycles. The summed E-state index contributed by atoms with van der Waals surface area (Å²) in [7, 11) is 0. The minimum absolute atomic E-state index is 0.0993. The second-order valence-electron chi connectivity index (χ2n) is 8.82. The van der Waals surface area contributed by atoms with Crippen molar-refractivity contribution in [3.05, 3.63) is 58.4 Å². The molecular formula is C27H33N5OS. The van der Waals surface area contributed by atoms with Crippen LogP contribution in [0.1, 0.15) is 74.9 Å². The van der Waals surface area contributed by atoms with E-state index >= 15 is 0 Å². The maximum absolute atomic E-state index is 12.9. The number of fused-ring (bicyclic) bond motifs is 1. The molecule has 3 heterocycles. The number of thioether (sulfide) groups is 1. The highest BCUT2D eigenvalue weighted by molar-refractivity contribution is 8.26. The van der Waals surface area contributed by atoms with Crippen molar-refractivity contribution in [1.29, 1.82) is 5.41 Å². The third-order valence-electron chi connectivity index (χ3n) is 6.37. The standard InChI is InChI=1S/C27H33N5OS/c1-5-7-8-9-10-15-24-30-32-25(28)22(26(33)29-27(32)34-24)17-21-16-18(3)31(19(21)4)23-14-12-11-13-20(23)6-2/h11-14,16-17,28H,5-10,15H2,1-4H3/b22-17+,28-25?. The third-order valence-corrected chi connectivity index (χ3v) is 7.34. The van der Waals surface area contributed by atoms with E-state index in [0.717, 1.165) is 46.9 Å². The maximum Gasteiger partial charge on any atom is 0.283 e. The van der Waals surface area contributed by atoms with Gasteiger partial charge < -0.3 is 4.57 Å². The monoisotopic (exact) mass is 475 g/mol. The second-order valence-corrected chi connectivity index (χ2v) is 9.86. The van der Waals surface area contributed by atoms with Crippen LogP contribution in [-0.4, -0.2) is 31.5 Å². The normalized spacial score (nSPS) is 16.8. The number of aromatic nitrogens is 1. The number of para-hydroxylation sites is 1. The van der Waals surface area contributed by atoms with E-state index in [1.165, 1.54) is 48.0 Å². The van der Waals surface area contributed by atoms with Crippen molar-refractivity contribution in [1.82, 2.24) is 9.58 Å². The molecule has 0 spiro atoms. The van der Waals surface area contributed by atoms with Crippen LogP contribution in [0.25, 0.3) is 11.8 Å². The summed E-state index contributed by atoms with van der Waals surface area (Å²) in [6.45, 7) is 8.49. The van der Waals surface area contributed by atoms with Crippen molar-refractivity contribution in [3.8, 4) is 5.69 Å². The van der Waals surface area contributed by atoms with E-state index in [1.54, 1.807) is 6.08 Å². The van der Waals surface area contributed by atoms with Crippen LogP contribution in [-0.2, 0) is 11.2 Å². The number of amides is 1. The van der Waals surface area contributed by atoms with Crippen LogP contribution in [0.5, 0.6) is 0 Å². The Morgan fingerprint density at radius 3 is 2.62 bits per heavy atom. The number of unbranched alkanes of at least 4 members (excludes halogenated alkanes) is 4. The summed E-state index contributed by atoms with van der Waals surface area (Å²) in [6.07, 6.45) is 9.57. The van der Waals surface area contributed by atoms with Crippen molar-refractivity contribution >= 4 is 39.8 Å². The largest absolute Gasteiger partial charge is 0.318 e. The number of hydrogen-bond donors (Lipinski definition) is 1. The minimum Gasteiger partial charge on any atom is -0.318 e. The number of hydrogen-bond acceptors (Lipinski definition) is 4. The number of benzene rings is 1. The van der Waals surface area contributed by atoms with Gasteiger partial charge in [0.05, 0.1) is 5.57 Å². The van der Waals surface area contributed by atoms with E-state index in [1.807, 2.05) is 6.07 Å². The molecule has 4 rings (SSSR count). The fourth-order valence-corrected chi connectivity index (χ4v) is 5.43. The third kappa shape index (κ3) is 4.80. The molecule has 2 aliphatic heterocycles. The summed E-state index contributed by atoms with van der Waals surface area (Å²) in [6, 6.07) is 10.4. The van der Waals surface area contributed by atoms with Gasteiger partial charge in [0.2, 0.25) is 5.17 Å². The first kappa shape index (κ1) is 24.2. The molecule has 34 heavy (non-hydrogen) atoms. The lowest BCUT2D eigenvalue weighted by atomic mass is 10.1. The van der Waals surface area contributed by atoms with Crippen LogP contribution < -0.4 is 0 Å². The minimum atomic E-state index is -0.373. The van der Waals surface area contributed by atoms with Crippen molar-refractivity contribution in [2.24, 2.45) is 10.1 Å². The maximum atomic E-state index is 12.9. The lowest BCUT2D eigenvalue weighted by Gasteiger charge is -2.20. The molecule has 1 amide bonds. The van der Waals surface area contributed by atoms with Gasteiger partial charge in [0.15, 0.2) is 5.84 Å². The van der Waals surface area contributed by atoms with Crippen LogP contribution in [0.15, 0.2) is 46.0 Å². The number of nitrogens with zero attached hydrogens (tertiary/aromatic N) is 4. The number of aliphatic imine (C=N–C) groups is 1. The van der Waals surface area contributed by atoms with Crippen LogP contribution in [0, 0.1) is 19.3 Å². The topological polar surface area (TPSA) is 73.8 Å². The number of nitrogens with one attached hydrogen (secondary N) is 1. The number of carbonyl (C=O) groups is 1. The fraction of sp³-hybridized carbons (Fsp3) is 0.407. The molecule has 0 unspecified atom stereocenters. The van der Waals surface area contributed by atoms with Gasteiger partial charge in [-0.25, -0.2) is 0 Å². The molecule has 0 fully saturated rings. The first-order chi connectivity index (χ1) is 16.4. The summed E-state index contributed by atoms with van der Waals surface area (Å²) < 4.78 is 2.22. The average molecular weight is 476 g/mol. The van der Waals surface area contributed by atoms with E-state index in [2.05, 4.69) is 66.6 Å². The zero-order valence-corrected chi connectivity index (χ0v) is 21.3. The van der Waals surface area contributed by atoms with Crippen molar-refractivity contribution < 1.29 is 4.79 Å². The van der Waals surface area contributed by atoms with E-state index in [-0.39, 0.29) is 17.3 Å². The number of hydrazone groups is 1. The fourth-order valence-electron chi connectivity index (χ4n) is 4.50. The Morgan fingerprint density at radius 1 is 1.09 bits per heavy atom. The Morgan fingerprint density at radius 2 is 1.85 bits per heavy atom. The molecule has 2 aliphatic rings. The first-order valence-electron chi connectivity index (χ1n) is 12.2. The van der Waals surface area contributed by atoms with E-state index in [4.69, 9.17) is 5.41 Å². The molecule has 0 radical (unpaired) electrons. The Hall–Kier alpha value is -2.93. The zero-order valence-electron chi connectivity index (χ0n) is 20.5. The van der Waals surface area contributed by atoms with E-state index < -0.39 is 0 Å². The molecule has 0 saturated heterocycles. The van der Waals surface area contributed by atoms with Crippen molar-refractivity contribution in [2.75, 3.05) is 0 Å². The summed E-state index contributed by atoms with van der Waals surface area (Å²) in [4.78, 5) is 17.1. The SMILES string of the molecule is CCCCCCCC1=NN2C(=N)/C(=C\c3cc(C)n(-c4ccccc4CC)c3C)C(=O)N=C2S1. The number of carbonyl (C=O) groups excluding carboxylic acids is 1. The highest BCUT2D eigenvalue weighted by Crippen LogP contribution is 2.31. The van der Waals surface area contributed by atoms with Gasteiger partial charge in [0.25, 0.3) is 5.91 Å². The second kappa shape index (κ2) is 10.6. The molecular weight excluding hydrogens is 442 g/mol. The smallest absolute Gasteiger partial charge is 0.283 e. The summed E-state index contributed by atoms with van der Waals surface area (Å²) in [5.41, 5.74) is 5.74. The molecule has 6 nitrogen and oxygen atoms in total.